The van der Waals surface area contributed by atoms with Gasteiger partial charge in [0.15, 0.2) is 16.8 Å². The summed E-state index contributed by atoms with van der Waals surface area (Å²) in [6.07, 6.45) is 0. The summed E-state index contributed by atoms with van der Waals surface area (Å²) >= 11 is 0. The minimum Gasteiger partial charge on any atom is -0.497 e. The van der Waals surface area contributed by atoms with Crippen molar-refractivity contribution in [1.29, 1.82) is 0 Å². The Kier molecular flexibility index (Phi) is 3.12. The van der Waals surface area contributed by atoms with Gasteiger partial charge in [0.2, 0.25) is 0 Å². The molecule has 1 aromatic heterocycles. The van der Waals surface area contributed by atoms with Crippen LogP contribution >= 0.6 is 0 Å². The molecule has 0 aliphatic rings. The minimum atomic E-state index is 0.413. The lowest BCUT2D eigenvalue weighted by Crippen LogP contribution is -1.97. The van der Waals surface area contributed by atoms with Gasteiger partial charge >= 0.3 is 0 Å². The molecule has 20 heavy (non-hydrogen) atoms. The Balaban J connectivity index is 1.79. The zero-order chi connectivity index (χ0) is 13.9. The van der Waals surface area contributed by atoms with E-state index in [0.717, 1.165) is 11.3 Å². The molecule has 3 rings (SSSR count). The van der Waals surface area contributed by atoms with E-state index in [-0.39, 0.29) is 0 Å². The summed E-state index contributed by atoms with van der Waals surface area (Å²) in [5, 5.41) is 7.56. The molecule has 0 spiro atoms. The predicted octanol–water partition coefficient (Wildman–Crippen LogP) is 2.39. The summed E-state index contributed by atoms with van der Waals surface area (Å²) in [5.74, 6) is 1.40. The van der Waals surface area contributed by atoms with Crippen LogP contribution in [0.15, 0.2) is 41.0 Å². The first kappa shape index (κ1) is 12.3. The van der Waals surface area contributed by atoms with Crippen LogP contribution in [-0.2, 0) is 6.61 Å². The van der Waals surface area contributed by atoms with E-state index in [0.29, 0.717) is 29.1 Å². The molecular formula is C14H13N3O3. The van der Waals surface area contributed by atoms with E-state index in [4.69, 9.17) is 19.8 Å². The van der Waals surface area contributed by atoms with Crippen LogP contribution in [0, 0.1) is 0 Å². The van der Waals surface area contributed by atoms with Crippen molar-refractivity contribution >= 4 is 16.7 Å². The number of methoxy groups -OCH3 is 1. The number of hydrogen-bond acceptors (Lipinski definition) is 6. The smallest absolute Gasteiger partial charge is 0.179 e. The zero-order valence-corrected chi connectivity index (χ0v) is 10.9. The lowest BCUT2D eigenvalue weighted by molar-refractivity contribution is 0.299. The molecule has 6 heteroatoms. The van der Waals surface area contributed by atoms with Crippen LogP contribution in [0.4, 0.5) is 5.69 Å². The third kappa shape index (κ3) is 2.23. The first-order valence-corrected chi connectivity index (χ1v) is 6.04. The first-order chi connectivity index (χ1) is 9.78. The average molecular weight is 271 g/mol. The number of nitrogen functional groups attached to an aromatic ring is 1. The fraction of sp³-hybridized carbons (Fsp3) is 0.143. The molecule has 0 aliphatic heterocycles. The van der Waals surface area contributed by atoms with Crippen molar-refractivity contribution in [2.75, 3.05) is 12.8 Å². The molecular weight excluding hydrogens is 258 g/mol. The molecule has 0 amide bonds. The highest BCUT2D eigenvalue weighted by atomic mass is 16.6. The number of anilines is 1. The maximum atomic E-state index is 5.78. The molecule has 0 aliphatic carbocycles. The van der Waals surface area contributed by atoms with Gasteiger partial charge in [0, 0.05) is 0 Å². The highest BCUT2D eigenvalue weighted by molar-refractivity contribution is 5.90. The van der Waals surface area contributed by atoms with Crippen LogP contribution in [0.25, 0.3) is 11.0 Å². The number of aromatic nitrogens is 2. The van der Waals surface area contributed by atoms with Gasteiger partial charge in [-0.2, -0.15) is 0 Å². The van der Waals surface area contributed by atoms with Gasteiger partial charge in [0.1, 0.15) is 12.4 Å². The van der Waals surface area contributed by atoms with Gasteiger partial charge in [-0.1, -0.05) is 12.1 Å². The van der Waals surface area contributed by atoms with Crippen LogP contribution in [-0.4, -0.2) is 17.4 Å². The van der Waals surface area contributed by atoms with E-state index in [1.54, 1.807) is 19.2 Å². The van der Waals surface area contributed by atoms with Gasteiger partial charge in [-0.25, -0.2) is 4.63 Å². The molecule has 0 bridgehead atoms. The lowest BCUT2D eigenvalue weighted by Gasteiger charge is -2.07. The van der Waals surface area contributed by atoms with E-state index in [1.165, 1.54) is 0 Å². The quantitative estimate of drug-likeness (QED) is 0.733. The Morgan fingerprint density at radius 2 is 1.80 bits per heavy atom. The maximum Gasteiger partial charge on any atom is 0.179 e. The van der Waals surface area contributed by atoms with Crippen LogP contribution in [0.5, 0.6) is 11.5 Å². The van der Waals surface area contributed by atoms with Gasteiger partial charge in [-0.15, -0.1) is 0 Å². The van der Waals surface area contributed by atoms with Crippen molar-refractivity contribution in [2.24, 2.45) is 0 Å². The first-order valence-electron chi connectivity index (χ1n) is 6.04. The number of rotatable bonds is 4. The van der Waals surface area contributed by atoms with Gasteiger partial charge in [0.25, 0.3) is 0 Å². The third-order valence-electron chi connectivity index (χ3n) is 2.96. The van der Waals surface area contributed by atoms with E-state index >= 15 is 0 Å². The molecule has 2 N–H and O–H groups in total. The van der Waals surface area contributed by atoms with Crippen molar-refractivity contribution in [1.82, 2.24) is 10.3 Å². The highest BCUT2D eigenvalue weighted by Crippen LogP contribution is 2.27. The zero-order valence-electron chi connectivity index (χ0n) is 10.9. The Morgan fingerprint density at radius 1 is 1.05 bits per heavy atom. The molecule has 1 heterocycles. The third-order valence-corrected chi connectivity index (χ3v) is 2.96. The van der Waals surface area contributed by atoms with Crippen LogP contribution < -0.4 is 15.2 Å². The second kappa shape index (κ2) is 5.08. The van der Waals surface area contributed by atoms with Crippen molar-refractivity contribution in [3.63, 3.8) is 0 Å². The second-order valence-electron chi connectivity index (χ2n) is 4.25. The SMILES string of the molecule is COc1ccc(COc2ccc(N)c3nonc23)cc1. The molecule has 3 aromatic rings. The van der Waals surface area contributed by atoms with E-state index < -0.39 is 0 Å². The standard InChI is InChI=1S/C14H13N3O3/c1-18-10-4-2-9(3-5-10)8-19-12-7-6-11(15)13-14(12)17-20-16-13/h2-7H,8,15H2,1H3. The molecule has 0 atom stereocenters. The number of nitrogens with zero attached hydrogens (tertiary/aromatic N) is 2. The van der Waals surface area contributed by atoms with Gasteiger partial charge in [0.05, 0.1) is 12.8 Å². The highest BCUT2D eigenvalue weighted by Gasteiger charge is 2.11. The van der Waals surface area contributed by atoms with Crippen LogP contribution in [0.3, 0.4) is 0 Å². The van der Waals surface area contributed by atoms with E-state index in [9.17, 15) is 0 Å². The van der Waals surface area contributed by atoms with Gasteiger partial charge < -0.3 is 15.2 Å². The van der Waals surface area contributed by atoms with Crippen LogP contribution in [0.2, 0.25) is 0 Å². The normalized spacial score (nSPS) is 10.7. The minimum absolute atomic E-state index is 0.413. The Labute approximate surface area is 115 Å². The Bertz CT molecular complexity index is 722. The summed E-state index contributed by atoms with van der Waals surface area (Å²) in [4.78, 5) is 0. The molecule has 0 unspecified atom stereocenters. The summed E-state index contributed by atoms with van der Waals surface area (Å²) in [6.45, 7) is 0.413. The predicted molar refractivity (Wildman–Crippen MR) is 73.5 cm³/mol. The summed E-state index contributed by atoms with van der Waals surface area (Å²) in [7, 11) is 1.63. The fourth-order valence-electron chi connectivity index (χ4n) is 1.86. The number of ether oxygens (including phenoxy) is 2. The molecule has 2 aromatic carbocycles. The molecule has 6 nitrogen and oxygen atoms in total. The molecule has 0 saturated carbocycles. The molecule has 0 saturated heterocycles. The largest absolute Gasteiger partial charge is 0.497 e. The molecule has 102 valence electrons. The topological polar surface area (TPSA) is 83.4 Å². The summed E-state index contributed by atoms with van der Waals surface area (Å²) in [5.41, 5.74) is 8.35. The Hall–Kier alpha value is -2.76. The van der Waals surface area contributed by atoms with Crippen molar-refractivity contribution < 1.29 is 14.1 Å². The fourth-order valence-corrected chi connectivity index (χ4v) is 1.86. The van der Waals surface area contributed by atoms with E-state index in [1.807, 2.05) is 24.3 Å². The summed E-state index contributed by atoms with van der Waals surface area (Å²) in [6, 6.07) is 11.1. The van der Waals surface area contributed by atoms with Crippen molar-refractivity contribution in [3.8, 4) is 11.5 Å². The van der Waals surface area contributed by atoms with Crippen LogP contribution in [0.1, 0.15) is 5.56 Å². The number of benzene rings is 2. The number of fused-ring (bicyclic) bond motifs is 1. The molecule has 0 radical (unpaired) electrons. The van der Waals surface area contributed by atoms with Crippen molar-refractivity contribution in [2.45, 2.75) is 6.61 Å². The number of nitrogens with two attached hydrogens (primary N) is 1. The lowest BCUT2D eigenvalue weighted by atomic mass is 10.2. The van der Waals surface area contributed by atoms with Crippen molar-refractivity contribution in [3.05, 3.63) is 42.0 Å². The monoisotopic (exact) mass is 271 g/mol. The molecule has 0 fully saturated rings. The average Bonchev–Trinajstić information content (AvgIpc) is 2.98. The second-order valence-corrected chi connectivity index (χ2v) is 4.25. The van der Waals surface area contributed by atoms with Gasteiger partial charge in [-0.3, -0.25) is 0 Å². The Morgan fingerprint density at radius 3 is 2.55 bits per heavy atom. The maximum absolute atomic E-state index is 5.78. The number of hydrogen-bond donors (Lipinski definition) is 1. The summed E-state index contributed by atoms with van der Waals surface area (Å²) < 4.78 is 15.5. The van der Waals surface area contributed by atoms with Gasteiger partial charge in [-0.05, 0) is 40.1 Å². The van der Waals surface area contributed by atoms with E-state index in [2.05, 4.69) is 10.3 Å².